The second-order valence-corrected chi connectivity index (χ2v) is 8.63. The third kappa shape index (κ3) is 4.65. The lowest BCUT2D eigenvalue weighted by atomic mass is 9.97. The summed E-state index contributed by atoms with van der Waals surface area (Å²) in [6.45, 7) is 6.10. The molecule has 1 aromatic heterocycles. The fraction of sp³-hybridized carbons (Fsp3) is 0.346. The van der Waals surface area contributed by atoms with Crippen LogP contribution in [0.1, 0.15) is 5.56 Å². The first kappa shape index (κ1) is 20.6. The molecule has 0 bridgehead atoms. The van der Waals surface area contributed by atoms with Crippen LogP contribution in [0.2, 0.25) is 0 Å². The van der Waals surface area contributed by atoms with Crippen molar-refractivity contribution < 1.29 is 4.79 Å². The van der Waals surface area contributed by atoms with Crippen LogP contribution in [0, 0.1) is 5.92 Å². The Morgan fingerprint density at radius 3 is 2.28 bits per heavy atom. The monoisotopic (exact) mass is 427 g/mol. The van der Waals surface area contributed by atoms with Gasteiger partial charge in [0.1, 0.15) is 12.1 Å². The fourth-order valence-corrected chi connectivity index (χ4v) is 4.49. The number of aromatic nitrogens is 2. The maximum absolute atomic E-state index is 13.0. The van der Waals surface area contributed by atoms with Crippen LogP contribution in [0.5, 0.6) is 0 Å². The average molecular weight is 428 g/mol. The van der Waals surface area contributed by atoms with Crippen LogP contribution in [0.4, 0.5) is 5.82 Å². The highest BCUT2D eigenvalue weighted by Gasteiger charge is 2.37. The van der Waals surface area contributed by atoms with Crippen LogP contribution in [-0.4, -0.2) is 71.5 Å². The van der Waals surface area contributed by atoms with E-state index in [-0.39, 0.29) is 5.92 Å². The molecule has 164 valence electrons. The van der Waals surface area contributed by atoms with Gasteiger partial charge in [-0.3, -0.25) is 9.69 Å². The Hall–Kier alpha value is -3.25. The van der Waals surface area contributed by atoms with E-state index in [0.29, 0.717) is 5.91 Å². The lowest BCUT2D eigenvalue weighted by molar-refractivity contribution is -0.138. The average Bonchev–Trinajstić information content (AvgIpc) is 2.83. The summed E-state index contributed by atoms with van der Waals surface area (Å²) >= 11 is 0. The molecular weight excluding hydrogens is 398 g/mol. The minimum atomic E-state index is 0.0704. The molecule has 0 unspecified atom stereocenters. The van der Waals surface area contributed by atoms with Crippen molar-refractivity contribution in [2.45, 2.75) is 6.42 Å². The number of piperazine rings is 1. The smallest absolute Gasteiger partial charge is 0.229 e. The van der Waals surface area contributed by atoms with E-state index in [9.17, 15) is 4.79 Å². The van der Waals surface area contributed by atoms with E-state index in [1.54, 1.807) is 6.33 Å². The summed E-state index contributed by atoms with van der Waals surface area (Å²) in [5, 5.41) is 0. The number of carbonyl (C=O) groups is 1. The third-order valence-corrected chi connectivity index (χ3v) is 6.52. The van der Waals surface area contributed by atoms with Gasteiger partial charge in [0, 0.05) is 57.4 Å². The number of benzene rings is 2. The van der Waals surface area contributed by atoms with Crippen LogP contribution in [0.25, 0.3) is 11.3 Å². The van der Waals surface area contributed by atoms with Gasteiger partial charge in [0.2, 0.25) is 5.91 Å². The number of hydrogen-bond acceptors (Lipinski definition) is 5. The van der Waals surface area contributed by atoms with Gasteiger partial charge in [-0.2, -0.15) is 0 Å². The molecule has 6 nitrogen and oxygen atoms in total. The van der Waals surface area contributed by atoms with Crippen LogP contribution in [0.3, 0.4) is 0 Å². The van der Waals surface area contributed by atoms with Gasteiger partial charge in [-0.1, -0.05) is 60.7 Å². The maximum atomic E-state index is 13.0. The van der Waals surface area contributed by atoms with Crippen molar-refractivity contribution >= 4 is 11.7 Å². The second-order valence-electron chi connectivity index (χ2n) is 8.63. The van der Waals surface area contributed by atoms with E-state index in [1.165, 1.54) is 5.56 Å². The quantitative estimate of drug-likeness (QED) is 0.605. The van der Waals surface area contributed by atoms with Gasteiger partial charge in [0.05, 0.1) is 11.6 Å². The predicted octanol–water partition coefficient (Wildman–Crippen LogP) is 2.97. The molecule has 0 atom stereocenters. The lowest BCUT2D eigenvalue weighted by Crippen LogP contribution is -2.58. The standard InChI is InChI=1S/C26H29N5O/c32-26(30-15-13-29(14-16-30)12-11-21-7-3-1-4-8-21)23-18-31(19-23)25-17-24(27-20-28-25)22-9-5-2-6-10-22/h1-10,17,20,23H,11-16,18-19H2. The maximum Gasteiger partial charge on any atom is 0.229 e. The van der Waals surface area contributed by atoms with Gasteiger partial charge in [-0.05, 0) is 12.0 Å². The van der Waals surface area contributed by atoms with Crippen molar-refractivity contribution in [1.29, 1.82) is 0 Å². The molecule has 5 rings (SSSR count). The Kier molecular flexibility index (Phi) is 6.12. The number of hydrogen-bond donors (Lipinski definition) is 0. The fourth-order valence-electron chi connectivity index (χ4n) is 4.49. The van der Waals surface area contributed by atoms with Crippen molar-refractivity contribution in [1.82, 2.24) is 19.8 Å². The number of amides is 1. The molecule has 3 aromatic rings. The summed E-state index contributed by atoms with van der Waals surface area (Å²) in [5.74, 6) is 1.26. The minimum absolute atomic E-state index is 0.0704. The molecule has 3 heterocycles. The van der Waals surface area contributed by atoms with Crippen LogP contribution < -0.4 is 4.90 Å². The Morgan fingerprint density at radius 1 is 0.875 bits per heavy atom. The van der Waals surface area contributed by atoms with Crippen molar-refractivity contribution in [2.75, 3.05) is 50.7 Å². The topological polar surface area (TPSA) is 52.6 Å². The van der Waals surface area contributed by atoms with Gasteiger partial charge in [-0.25, -0.2) is 9.97 Å². The number of rotatable bonds is 6. The summed E-state index contributed by atoms with van der Waals surface area (Å²) in [6.07, 6.45) is 2.68. The third-order valence-electron chi connectivity index (χ3n) is 6.52. The van der Waals surface area contributed by atoms with E-state index in [2.05, 4.69) is 55.0 Å². The zero-order valence-corrected chi connectivity index (χ0v) is 18.3. The second kappa shape index (κ2) is 9.49. The molecule has 0 radical (unpaired) electrons. The SMILES string of the molecule is O=C(C1CN(c2cc(-c3ccccc3)ncn2)C1)N1CCN(CCc2ccccc2)CC1. The van der Waals surface area contributed by atoms with Gasteiger partial charge in [0.25, 0.3) is 0 Å². The molecule has 0 spiro atoms. The Bertz CT molecular complexity index is 1030. The zero-order chi connectivity index (χ0) is 21.8. The van der Waals surface area contributed by atoms with Crippen LogP contribution >= 0.6 is 0 Å². The van der Waals surface area contributed by atoms with Gasteiger partial charge < -0.3 is 9.80 Å². The molecule has 6 heteroatoms. The first-order chi connectivity index (χ1) is 15.8. The molecular formula is C26H29N5O. The molecule has 2 aliphatic heterocycles. The zero-order valence-electron chi connectivity index (χ0n) is 18.3. The Morgan fingerprint density at radius 2 is 1.56 bits per heavy atom. The molecule has 0 N–H and O–H groups in total. The normalized spacial score (nSPS) is 17.2. The van der Waals surface area contributed by atoms with Crippen molar-refractivity contribution in [3.05, 3.63) is 78.6 Å². The predicted molar refractivity (Wildman–Crippen MR) is 126 cm³/mol. The molecule has 1 amide bonds. The van der Waals surface area contributed by atoms with E-state index in [1.807, 2.05) is 36.4 Å². The summed E-state index contributed by atoms with van der Waals surface area (Å²) in [6, 6.07) is 22.8. The molecule has 2 aromatic carbocycles. The summed E-state index contributed by atoms with van der Waals surface area (Å²) < 4.78 is 0. The molecule has 2 fully saturated rings. The molecule has 32 heavy (non-hydrogen) atoms. The van der Waals surface area contributed by atoms with Gasteiger partial charge in [-0.15, -0.1) is 0 Å². The van der Waals surface area contributed by atoms with E-state index < -0.39 is 0 Å². The van der Waals surface area contributed by atoms with Gasteiger partial charge >= 0.3 is 0 Å². The van der Waals surface area contributed by atoms with E-state index >= 15 is 0 Å². The van der Waals surface area contributed by atoms with Crippen LogP contribution in [0.15, 0.2) is 73.1 Å². The summed E-state index contributed by atoms with van der Waals surface area (Å²) in [4.78, 5) is 28.5. The molecule has 0 aliphatic carbocycles. The Labute approximate surface area is 189 Å². The number of carbonyl (C=O) groups excluding carboxylic acids is 1. The highest BCUT2D eigenvalue weighted by Crippen LogP contribution is 2.27. The van der Waals surface area contributed by atoms with Crippen molar-refractivity contribution in [3.8, 4) is 11.3 Å². The highest BCUT2D eigenvalue weighted by atomic mass is 16.2. The molecule has 2 saturated heterocycles. The minimum Gasteiger partial charge on any atom is -0.355 e. The molecule has 0 saturated carbocycles. The number of anilines is 1. The number of nitrogens with zero attached hydrogens (tertiary/aromatic N) is 5. The van der Waals surface area contributed by atoms with E-state index in [0.717, 1.165) is 69.3 Å². The highest BCUT2D eigenvalue weighted by molar-refractivity contribution is 5.82. The summed E-state index contributed by atoms with van der Waals surface area (Å²) in [7, 11) is 0. The Balaban J connectivity index is 1.09. The lowest BCUT2D eigenvalue weighted by Gasteiger charge is -2.43. The van der Waals surface area contributed by atoms with Crippen LogP contribution in [-0.2, 0) is 11.2 Å². The molecule has 2 aliphatic rings. The first-order valence-electron chi connectivity index (χ1n) is 11.4. The van der Waals surface area contributed by atoms with Crippen molar-refractivity contribution in [2.24, 2.45) is 5.92 Å². The largest absolute Gasteiger partial charge is 0.355 e. The van der Waals surface area contributed by atoms with E-state index in [4.69, 9.17) is 0 Å². The first-order valence-corrected chi connectivity index (χ1v) is 11.4. The van der Waals surface area contributed by atoms with Crippen molar-refractivity contribution in [3.63, 3.8) is 0 Å². The van der Waals surface area contributed by atoms with Gasteiger partial charge in [0.15, 0.2) is 0 Å². The summed E-state index contributed by atoms with van der Waals surface area (Å²) in [5.41, 5.74) is 3.37.